The summed E-state index contributed by atoms with van der Waals surface area (Å²) in [6, 6.07) is 0. The van der Waals surface area contributed by atoms with Crippen molar-refractivity contribution in [3.8, 4) is 0 Å². The van der Waals surface area contributed by atoms with Gasteiger partial charge in [-0.1, -0.05) is 6.92 Å². The number of sulfonamides is 1. The van der Waals surface area contributed by atoms with Crippen molar-refractivity contribution in [3.63, 3.8) is 0 Å². The third-order valence-electron chi connectivity index (χ3n) is 2.35. The summed E-state index contributed by atoms with van der Waals surface area (Å²) < 4.78 is 24.0. The predicted octanol–water partition coefficient (Wildman–Crippen LogP) is 0.215. The Morgan fingerprint density at radius 2 is 2.23 bits per heavy atom. The van der Waals surface area contributed by atoms with E-state index in [1.807, 2.05) is 6.92 Å². The Labute approximate surface area is 83.5 Å². The summed E-state index contributed by atoms with van der Waals surface area (Å²) in [5, 5.41) is 9.00. The van der Waals surface area contributed by atoms with Gasteiger partial charge in [-0.3, -0.25) is 0 Å². The monoisotopic (exact) mass is 227 g/mol. The Bertz CT molecular complexity index is 267. The molecule has 0 saturated carbocycles. The summed E-state index contributed by atoms with van der Waals surface area (Å²) in [7, 11) is -3.29. The molecule has 1 N–H and O–H groups in total. The van der Waals surface area contributed by atoms with Crippen LogP contribution in [0.4, 0.5) is 0 Å². The van der Waals surface area contributed by atoms with Gasteiger partial charge in [-0.05, 0) is 12.3 Å². The van der Waals surface area contributed by atoms with Gasteiger partial charge in [-0.15, -0.1) is 11.6 Å². The van der Waals surface area contributed by atoms with Crippen molar-refractivity contribution in [2.24, 2.45) is 5.92 Å². The fourth-order valence-electron chi connectivity index (χ4n) is 1.42. The highest BCUT2D eigenvalue weighted by Crippen LogP contribution is 2.19. The third-order valence-corrected chi connectivity index (χ3v) is 4.58. The second-order valence-corrected chi connectivity index (χ2v) is 5.97. The summed E-state index contributed by atoms with van der Waals surface area (Å²) in [5.41, 5.74) is 0. The number of alkyl halides is 1. The molecule has 0 aliphatic carbocycles. The molecule has 0 aromatic rings. The smallest absolute Gasteiger partial charge is 0.228 e. The van der Waals surface area contributed by atoms with Gasteiger partial charge in [0.05, 0.1) is 6.10 Å². The van der Waals surface area contributed by atoms with Crippen LogP contribution in [0.3, 0.4) is 0 Å². The number of rotatable bonds is 2. The van der Waals surface area contributed by atoms with Gasteiger partial charge in [-0.2, -0.15) is 0 Å². The second-order valence-electron chi connectivity index (χ2n) is 3.41. The van der Waals surface area contributed by atoms with Crippen LogP contribution in [0, 0.1) is 5.92 Å². The van der Waals surface area contributed by atoms with E-state index >= 15 is 0 Å². The molecule has 0 radical (unpaired) electrons. The van der Waals surface area contributed by atoms with Crippen molar-refractivity contribution < 1.29 is 13.5 Å². The average Bonchev–Trinajstić information content (AvgIpc) is 2.09. The summed E-state index contributed by atoms with van der Waals surface area (Å²) in [6.07, 6.45) is 0.110. The molecule has 2 unspecified atom stereocenters. The third kappa shape index (κ3) is 2.56. The Kier molecular flexibility index (Phi) is 3.57. The van der Waals surface area contributed by atoms with E-state index in [0.717, 1.165) is 0 Å². The first-order valence-electron chi connectivity index (χ1n) is 4.19. The minimum absolute atomic E-state index is 0.00765. The predicted molar refractivity (Wildman–Crippen MR) is 51.0 cm³/mol. The van der Waals surface area contributed by atoms with Crippen LogP contribution in [0.25, 0.3) is 0 Å². The molecule has 0 bridgehead atoms. The van der Waals surface area contributed by atoms with Crippen LogP contribution in [0.15, 0.2) is 0 Å². The number of halogens is 1. The maximum Gasteiger partial charge on any atom is 0.228 e. The zero-order chi connectivity index (χ0) is 10.1. The van der Waals surface area contributed by atoms with Crippen molar-refractivity contribution in [2.45, 2.75) is 19.4 Å². The molecule has 13 heavy (non-hydrogen) atoms. The van der Waals surface area contributed by atoms with Crippen LogP contribution in [-0.4, -0.2) is 42.2 Å². The molecule has 1 fully saturated rings. The minimum Gasteiger partial charge on any atom is -0.393 e. The summed E-state index contributed by atoms with van der Waals surface area (Å²) in [6.45, 7) is 2.58. The lowest BCUT2D eigenvalue weighted by molar-refractivity contribution is 0.0630. The van der Waals surface area contributed by atoms with Crippen molar-refractivity contribution >= 4 is 21.6 Å². The van der Waals surface area contributed by atoms with Crippen LogP contribution in [0.2, 0.25) is 0 Å². The molecule has 1 aliphatic heterocycles. The second kappa shape index (κ2) is 4.13. The molecule has 0 aromatic heterocycles. The Morgan fingerprint density at radius 3 is 2.69 bits per heavy atom. The standard InChI is InChI=1S/C7H14ClNO3S/c1-6-4-9(3-2-7(6)10)13(11,12)5-8/h6-7,10H,2-5H2,1H3. The molecule has 2 atom stereocenters. The normalized spacial score (nSPS) is 31.9. The van der Waals surface area contributed by atoms with Gasteiger partial charge < -0.3 is 5.11 Å². The number of aliphatic hydroxyl groups excluding tert-OH is 1. The van der Waals surface area contributed by atoms with Crippen molar-refractivity contribution in [2.75, 3.05) is 18.3 Å². The molecule has 6 heteroatoms. The molecular formula is C7H14ClNO3S. The van der Waals surface area contributed by atoms with E-state index in [1.54, 1.807) is 0 Å². The largest absolute Gasteiger partial charge is 0.393 e. The van der Waals surface area contributed by atoms with Crippen LogP contribution in [0.5, 0.6) is 0 Å². The van der Waals surface area contributed by atoms with Crippen LogP contribution >= 0.6 is 11.6 Å². The molecule has 1 aliphatic rings. The highest BCUT2D eigenvalue weighted by Gasteiger charge is 2.30. The lowest BCUT2D eigenvalue weighted by Gasteiger charge is -2.32. The number of nitrogens with zero attached hydrogens (tertiary/aromatic N) is 1. The zero-order valence-corrected chi connectivity index (χ0v) is 9.05. The highest BCUT2D eigenvalue weighted by atomic mass is 35.5. The molecule has 0 aromatic carbocycles. The van der Waals surface area contributed by atoms with E-state index < -0.39 is 10.0 Å². The number of piperidine rings is 1. The zero-order valence-electron chi connectivity index (χ0n) is 7.48. The minimum atomic E-state index is -3.29. The van der Waals surface area contributed by atoms with Crippen molar-refractivity contribution in [1.29, 1.82) is 0 Å². The average molecular weight is 228 g/mol. The van der Waals surface area contributed by atoms with Gasteiger partial charge in [-0.25, -0.2) is 12.7 Å². The Balaban J connectivity index is 2.66. The van der Waals surface area contributed by atoms with E-state index in [-0.39, 0.29) is 17.2 Å². The van der Waals surface area contributed by atoms with E-state index in [9.17, 15) is 13.5 Å². The van der Waals surface area contributed by atoms with Crippen molar-refractivity contribution in [1.82, 2.24) is 4.31 Å². The number of hydrogen-bond donors (Lipinski definition) is 1. The fourth-order valence-corrected chi connectivity index (χ4v) is 2.81. The van der Waals surface area contributed by atoms with Gasteiger partial charge in [0.2, 0.25) is 10.0 Å². The topological polar surface area (TPSA) is 57.6 Å². The molecule has 4 nitrogen and oxygen atoms in total. The quantitative estimate of drug-likeness (QED) is 0.687. The SMILES string of the molecule is CC1CN(S(=O)(=O)CCl)CCC1O. The van der Waals surface area contributed by atoms with E-state index in [2.05, 4.69) is 0 Å². The lowest BCUT2D eigenvalue weighted by Crippen LogP contribution is -2.45. The van der Waals surface area contributed by atoms with Crippen LogP contribution in [-0.2, 0) is 10.0 Å². The lowest BCUT2D eigenvalue weighted by atomic mass is 9.99. The van der Waals surface area contributed by atoms with E-state index in [1.165, 1.54) is 4.31 Å². The van der Waals surface area contributed by atoms with Crippen LogP contribution in [0.1, 0.15) is 13.3 Å². The van der Waals surface area contributed by atoms with Crippen LogP contribution < -0.4 is 0 Å². The number of hydrogen-bond acceptors (Lipinski definition) is 3. The molecule has 0 spiro atoms. The summed E-state index contributed by atoms with van der Waals surface area (Å²) in [5.74, 6) is -0.00765. The molecular weight excluding hydrogens is 214 g/mol. The van der Waals surface area contributed by atoms with Crippen molar-refractivity contribution in [3.05, 3.63) is 0 Å². The van der Waals surface area contributed by atoms with E-state index in [4.69, 9.17) is 11.6 Å². The Morgan fingerprint density at radius 1 is 1.62 bits per heavy atom. The first-order valence-corrected chi connectivity index (χ1v) is 6.33. The maximum absolute atomic E-state index is 11.3. The first-order chi connectivity index (χ1) is 5.97. The molecule has 1 rings (SSSR count). The fraction of sp³-hybridized carbons (Fsp3) is 1.00. The first kappa shape index (κ1) is 11.2. The van der Waals surface area contributed by atoms with Gasteiger partial charge in [0, 0.05) is 13.1 Å². The Hall–Kier alpha value is 0.160. The molecule has 78 valence electrons. The van der Waals surface area contributed by atoms with E-state index in [0.29, 0.717) is 19.5 Å². The molecule has 1 heterocycles. The molecule has 1 saturated heterocycles. The summed E-state index contributed by atoms with van der Waals surface area (Å²) >= 11 is 5.32. The van der Waals surface area contributed by atoms with Gasteiger partial charge in [0.25, 0.3) is 0 Å². The van der Waals surface area contributed by atoms with Gasteiger partial charge in [0.1, 0.15) is 5.21 Å². The number of aliphatic hydroxyl groups is 1. The van der Waals surface area contributed by atoms with Gasteiger partial charge in [0.15, 0.2) is 0 Å². The molecule has 0 amide bonds. The highest BCUT2D eigenvalue weighted by molar-refractivity contribution is 7.90. The summed E-state index contributed by atoms with van der Waals surface area (Å²) in [4.78, 5) is 0. The maximum atomic E-state index is 11.3. The van der Waals surface area contributed by atoms with Gasteiger partial charge >= 0.3 is 0 Å².